The third kappa shape index (κ3) is 2.26. The van der Waals surface area contributed by atoms with Gasteiger partial charge in [-0.2, -0.15) is 0 Å². The molecule has 1 atom stereocenters. The van der Waals surface area contributed by atoms with Gasteiger partial charge in [-0.3, -0.25) is 0 Å². The minimum Gasteiger partial charge on any atom is -0.493 e. The van der Waals surface area contributed by atoms with Gasteiger partial charge in [0.1, 0.15) is 5.75 Å². The van der Waals surface area contributed by atoms with Crippen molar-refractivity contribution in [2.24, 2.45) is 5.92 Å². The zero-order chi connectivity index (χ0) is 12.4. The molecule has 1 aromatic carbocycles. The molecule has 0 radical (unpaired) electrons. The van der Waals surface area contributed by atoms with E-state index in [1.807, 2.05) is 0 Å². The van der Waals surface area contributed by atoms with E-state index in [9.17, 15) is 0 Å². The Labute approximate surface area is 110 Å². The molecule has 0 aliphatic heterocycles. The van der Waals surface area contributed by atoms with Crippen LogP contribution in [0.1, 0.15) is 49.8 Å². The molecule has 1 unspecified atom stereocenters. The van der Waals surface area contributed by atoms with E-state index in [0.29, 0.717) is 6.04 Å². The summed E-state index contributed by atoms with van der Waals surface area (Å²) in [6.45, 7) is 4.13. The van der Waals surface area contributed by atoms with Gasteiger partial charge in [-0.05, 0) is 55.3 Å². The molecular formula is C16H23NO. The number of hydrogen-bond donors (Lipinski definition) is 1. The monoisotopic (exact) mass is 245 g/mol. The lowest BCUT2D eigenvalue weighted by molar-refractivity contribution is 0.179. The lowest BCUT2D eigenvalue weighted by Crippen LogP contribution is -2.20. The fourth-order valence-corrected chi connectivity index (χ4v) is 3.08. The molecule has 1 saturated carbocycles. The predicted octanol–water partition coefficient (Wildman–Crippen LogP) is 3.46. The average Bonchev–Trinajstić information content (AvgIpc) is 2.72. The van der Waals surface area contributed by atoms with Crippen LogP contribution in [-0.2, 0) is 6.42 Å². The molecule has 2 aliphatic rings. The molecule has 0 bridgehead atoms. The van der Waals surface area contributed by atoms with E-state index in [1.54, 1.807) is 0 Å². The van der Waals surface area contributed by atoms with Crippen LogP contribution in [-0.4, -0.2) is 13.2 Å². The van der Waals surface area contributed by atoms with Crippen molar-refractivity contribution in [2.45, 2.75) is 45.1 Å². The summed E-state index contributed by atoms with van der Waals surface area (Å²) in [7, 11) is 0. The molecule has 2 heteroatoms. The van der Waals surface area contributed by atoms with Crippen molar-refractivity contribution in [2.75, 3.05) is 13.2 Å². The van der Waals surface area contributed by atoms with E-state index in [2.05, 4.69) is 30.4 Å². The molecule has 1 N–H and O–H groups in total. The van der Waals surface area contributed by atoms with Crippen LogP contribution in [0.4, 0.5) is 0 Å². The molecule has 0 heterocycles. The van der Waals surface area contributed by atoms with Crippen LogP contribution in [0.5, 0.6) is 5.75 Å². The lowest BCUT2D eigenvalue weighted by Gasteiger charge is -2.25. The van der Waals surface area contributed by atoms with Crippen LogP contribution in [0, 0.1) is 5.92 Å². The number of benzene rings is 1. The minimum atomic E-state index is 0.539. The summed E-state index contributed by atoms with van der Waals surface area (Å²) in [5, 5.41) is 3.56. The standard InChI is InChI=1S/C16H23NO/c1-2-17-15-10-9-14-13(15)7-4-8-16(14)18-11-12-5-3-6-12/h4,7-8,12,15,17H,2-3,5-6,9-11H2,1H3. The number of nitrogens with one attached hydrogen (secondary N) is 1. The molecule has 2 aliphatic carbocycles. The summed E-state index contributed by atoms with van der Waals surface area (Å²) in [5.74, 6) is 1.95. The molecule has 18 heavy (non-hydrogen) atoms. The second-order valence-corrected chi connectivity index (χ2v) is 5.58. The minimum absolute atomic E-state index is 0.539. The fourth-order valence-electron chi connectivity index (χ4n) is 3.08. The van der Waals surface area contributed by atoms with Crippen LogP contribution in [0.25, 0.3) is 0 Å². The Morgan fingerprint density at radius 2 is 2.17 bits per heavy atom. The van der Waals surface area contributed by atoms with Gasteiger partial charge in [0.15, 0.2) is 0 Å². The number of hydrogen-bond acceptors (Lipinski definition) is 2. The van der Waals surface area contributed by atoms with Gasteiger partial charge in [-0.1, -0.05) is 25.5 Å². The first kappa shape index (κ1) is 12.0. The summed E-state index contributed by atoms with van der Waals surface area (Å²) < 4.78 is 6.05. The topological polar surface area (TPSA) is 21.3 Å². The maximum absolute atomic E-state index is 6.05. The van der Waals surface area contributed by atoms with Gasteiger partial charge in [0.2, 0.25) is 0 Å². The van der Waals surface area contributed by atoms with Gasteiger partial charge in [-0.25, -0.2) is 0 Å². The van der Waals surface area contributed by atoms with Crippen LogP contribution >= 0.6 is 0 Å². The Morgan fingerprint density at radius 1 is 1.28 bits per heavy atom. The van der Waals surface area contributed by atoms with E-state index in [0.717, 1.165) is 31.2 Å². The second-order valence-electron chi connectivity index (χ2n) is 5.58. The molecule has 0 amide bonds. The Bertz CT molecular complexity index is 412. The maximum Gasteiger partial charge on any atom is 0.122 e. The fraction of sp³-hybridized carbons (Fsp3) is 0.625. The van der Waals surface area contributed by atoms with Crippen LogP contribution < -0.4 is 10.1 Å². The van der Waals surface area contributed by atoms with Crippen molar-refractivity contribution in [3.05, 3.63) is 29.3 Å². The Morgan fingerprint density at radius 3 is 2.89 bits per heavy atom. The van der Waals surface area contributed by atoms with Crippen LogP contribution in [0.3, 0.4) is 0 Å². The highest BCUT2D eigenvalue weighted by atomic mass is 16.5. The van der Waals surface area contributed by atoms with Gasteiger partial charge in [0.25, 0.3) is 0 Å². The molecule has 2 nitrogen and oxygen atoms in total. The number of ether oxygens (including phenoxy) is 1. The molecule has 0 aromatic heterocycles. The SMILES string of the molecule is CCNC1CCc2c(OCC3CCC3)cccc21. The highest BCUT2D eigenvalue weighted by molar-refractivity contribution is 5.45. The lowest BCUT2D eigenvalue weighted by atomic mass is 9.86. The maximum atomic E-state index is 6.05. The van der Waals surface area contributed by atoms with E-state index in [1.165, 1.54) is 36.8 Å². The normalized spacial score (nSPS) is 22.6. The Kier molecular flexibility index (Phi) is 3.55. The van der Waals surface area contributed by atoms with Gasteiger partial charge in [0, 0.05) is 6.04 Å². The predicted molar refractivity (Wildman–Crippen MR) is 74.0 cm³/mol. The van der Waals surface area contributed by atoms with Crippen molar-refractivity contribution >= 4 is 0 Å². The molecule has 1 fully saturated rings. The van der Waals surface area contributed by atoms with Crippen molar-refractivity contribution in [1.82, 2.24) is 5.32 Å². The molecule has 98 valence electrons. The summed E-state index contributed by atoms with van der Waals surface area (Å²) in [6.07, 6.45) is 6.48. The third-order valence-electron chi connectivity index (χ3n) is 4.38. The zero-order valence-corrected chi connectivity index (χ0v) is 11.2. The first-order chi connectivity index (χ1) is 8.88. The average molecular weight is 245 g/mol. The van der Waals surface area contributed by atoms with Crippen LogP contribution in [0.2, 0.25) is 0 Å². The molecule has 0 spiro atoms. The van der Waals surface area contributed by atoms with E-state index in [-0.39, 0.29) is 0 Å². The zero-order valence-electron chi connectivity index (χ0n) is 11.2. The van der Waals surface area contributed by atoms with Crippen molar-refractivity contribution in [1.29, 1.82) is 0 Å². The summed E-state index contributed by atoms with van der Waals surface area (Å²) in [5.41, 5.74) is 2.91. The second kappa shape index (κ2) is 5.31. The summed E-state index contributed by atoms with van der Waals surface area (Å²) in [4.78, 5) is 0. The smallest absolute Gasteiger partial charge is 0.122 e. The number of rotatable bonds is 5. The van der Waals surface area contributed by atoms with Crippen molar-refractivity contribution < 1.29 is 4.74 Å². The van der Waals surface area contributed by atoms with Gasteiger partial charge < -0.3 is 10.1 Å². The summed E-state index contributed by atoms with van der Waals surface area (Å²) in [6, 6.07) is 7.08. The van der Waals surface area contributed by atoms with Gasteiger partial charge >= 0.3 is 0 Å². The number of fused-ring (bicyclic) bond motifs is 1. The molecular weight excluding hydrogens is 222 g/mol. The van der Waals surface area contributed by atoms with E-state index < -0.39 is 0 Å². The highest BCUT2D eigenvalue weighted by Gasteiger charge is 2.25. The van der Waals surface area contributed by atoms with Crippen LogP contribution in [0.15, 0.2) is 18.2 Å². The molecule has 3 rings (SSSR count). The Balaban J connectivity index is 1.71. The first-order valence-electron chi connectivity index (χ1n) is 7.36. The Hall–Kier alpha value is -1.02. The largest absolute Gasteiger partial charge is 0.493 e. The van der Waals surface area contributed by atoms with E-state index in [4.69, 9.17) is 4.74 Å². The first-order valence-corrected chi connectivity index (χ1v) is 7.36. The van der Waals surface area contributed by atoms with E-state index >= 15 is 0 Å². The third-order valence-corrected chi connectivity index (χ3v) is 4.38. The molecule has 0 saturated heterocycles. The van der Waals surface area contributed by atoms with Crippen molar-refractivity contribution in [3.63, 3.8) is 0 Å². The van der Waals surface area contributed by atoms with Crippen molar-refractivity contribution in [3.8, 4) is 5.75 Å². The quantitative estimate of drug-likeness (QED) is 0.857. The highest BCUT2D eigenvalue weighted by Crippen LogP contribution is 2.37. The van der Waals surface area contributed by atoms with Gasteiger partial charge in [0.05, 0.1) is 6.61 Å². The summed E-state index contributed by atoms with van der Waals surface area (Å²) >= 11 is 0. The van der Waals surface area contributed by atoms with Gasteiger partial charge in [-0.15, -0.1) is 0 Å². The molecule has 1 aromatic rings.